The van der Waals surface area contributed by atoms with Crippen molar-refractivity contribution in [3.8, 4) is 17.0 Å². The average molecular weight is 427 g/mol. The number of alkyl halides is 3. The summed E-state index contributed by atoms with van der Waals surface area (Å²) in [6.07, 6.45) is -1.90. The highest BCUT2D eigenvalue weighted by Crippen LogP contribution is 2.30. The van der Waals surface area contributed by atoms with Crippen LogP contribution in [0.5, 0.6) is 5.75 Å². The largest absolute Gasteiger partial charge is 0.573 e. The molecule has 1 amide bonds. The summed E-state index contributed by atoms with van der Waals surface area (Å²) in [7, 11) is 0. The van der Waals surface area contributed by atoms with Crippen LogP contribution < -0.4 is 20.7 Å². The van der Waals surface area contributed by atoms with Crippen LogP contribution in [0.3, 0.4) is 0 Å². The summed E-state index contributed by atoms with van der Waals surface area (Å²) in [5, 5.41) is 2.94. The first-order valence-electron chi connectivity index (χ1n) is 9.37. The zero-order chi connectivity index (χ0) is 21.7. The number of nitrogens with zero attached hydrogens (tertiary/aromatic N) is 3. The van der Waals surface area contributed by atoms with Gasteiger partial charge in [0.15, 0.2) is 11.6 Å². The van der Waals surface area contributed by atoms with Crippen molar-refractivity contribution >= 4 is 11.7 Å². The molecule has 1 fully saturated rings. The van der Waals surface area contributed by atoms with Crippen molar-refractivity contribution in [2.24, 2.45) is 5.73 Å². The lowest BCUT2D eigenvalue weighted by molar-refractivity contribution is -0.275. The van der Waals surface area contributed by atoms with E-state index in [1.165, 1.54) is 12.4 Å². The number of piperidine rings is 1. The van der Waals surface area contributed by atoms with Gasteiger partial charge < -0.3 is 20.7 Å². The predicted molar refractivity (Wildman–Crippen MR) is 101 cm³/mol. The molecule has 0 aliphatic carbocycles. The zero-order valence-corrected chi connectivity index (χ0v) is 16.0. The number of carbonyl (C=O) groups is 1. The average Bonchev–Trinajstić information content (AvgIpc) is 2.69. The Morgan fingerprint density at radius 2 is 1.97 bits per heavy atom. The Morgan fingerprint density at radius 3 is 2.60 bits per heavy atom. The van der Waals surface area contributed by atoms with Gasteiger partial charge in [-0.3, -0.25) is 4.79 Å². The fourth-order valence-corrected chi connectivity index (χ4v) is 3.23. The molecule has 1 aromatic heterocycles. The van der Waals surface area contributed by atoms with Gasteiger partial charge in [-0.15, -0.1) is 13.2 Å². The zero-order valence-electron chi connectivity index (χ0n) is 16.0. The minimum Gasteiger partial charge on any atom is -0.403 e. The maximum atomic E-state index is 14.0. The van der Waals surface area contributed by atoms with Crippen LogP contribution in [0.15, 0.2) is 30.6 Å². The molecule has 162 valence electrons. The molecule has 2 aromatic rings. The lowest BCUT2D eigenvalue weighted by Crippen LogP contribution is -2.45. The molecular weight excluding hydrogens is 406 g/mol. The van der Waals surface area contributed by atoms with Crippen LogP contribution in [0.1, 0.15) is 19.3 Å². The molecule has 1 saturated heterocycles. The Bertz CT molecular complexity index is 885. The lowest BCUT2D eigenvalue weighted by Gasteiger charge is -2.33. The Kier molecular flexibility index (Phi) is 6.70. The Morgan fingerprint density at radius 1 is 1.23 bits per heavy atom. The predicted octanol–water partition coefficient (Wildman–Crippen LogP) is 2.62. The summed E-state index contributed by atoms with van der Waals surface area (Å²) in [4.78, 5) is 22.0. The molecule has 0 radical (unpaired) electrons. The highest BCUT2D eigenvalue weighted by Gasteiger charge is 2.32. The normalized spacial score (nSPS) is 15.2. The van der Waals surface area contributed by atoms with E-state index in [0.29, 0.717) is 43.1 Å². The summed E-state index contributed by atoms with van der Waals surface area (Å²) in [6, 6.07) is 4.86. The van der Waals surface area contributed by atoms with Crippen LogP contribution >= 0.6 is 0 Å². The second kappa shape index (κ2) is 9.24. The van der Waals surface area contributed by atoms with Crippen molar-refractivity contribution in [2.75, 3.05) is 24.5 Å². The third-order valence-electron chi connectivity index (χ3n) is 4.66. The van der Waals surface area contributed by atoms with Gasteiger partial charge in [-0.05, 0) is 31.0 Å². The smallest absolute Gasteiger partial charge is 0.403 e. The van der Waals surface area contributed by atoms with Gasteiger partial charge >= 0.3 is 6.36 Å². The fourth-order valence-electron chi connectivity index (χ4n) is 3.23. The molecule has 11 heteroatoms. The first-order chi connectivity index (χ1) is 14.2. The molecular formula is C19H21F4N5O2. The molecule has 0 bridgehead atoms. The number of halogens is 4. The highest BCUT2D eigenvalue weighted by molar-refractivity contribution is 5.76. The van der Waals surface area contributed by atoms with E-state index in [4.69, 9.17) is 5.73 Å². The van der Waals surface area contributed by atoms with Gasteiger partial charge in [0.25, 0.3) is 0 Å². The second-order valence-corrected chi connectivity index (χ2v) is 6.82. The van der Waals surface area contributed by atoms with Gasteiger partial charge in [-0.25, -0.2) is 14.4 Å². The van der Waals surface area contributed by atoms with Gasteiger partial charge in [0, 0.05) is 43.7 Å². The Hall–Kier alpha value is -2.95. The highest BCUT2D eigenvalue weighted by atomic mass is 19.4. The third-order valence-corrected chi connectivity index (χ3v) is 4.66. The van der Waals surface area contributed by atoms with Gasteiger partial charge in [0.05, 0.1) is 5.69 Å². The maximum Gasteiger partial charge on any atom is 0.573 e. The first kappa shape index (κ1) is 21.8. The second-order valence-electron chi connectivity index (χ2n) is 6.82. The first-order valence-corrected chi connectivity index (χ1v) is 9.37. The topological polar surface area (TPSA) is 93.4 Å². The molecule has 0 unspecified atom stereocenters. The fraction of sp³-hybridized carbons (Fsp3) is 0.421. The number of nitrogens with two attached hydrogens (primary N) is 1. The van der Waals surface area contributed by atoms with Crippen molar-refractivity contribution in [3.05, 3.63) is 36.4 Å². The SMILES string of the molecule is NCCC(=O)NC1CCN(c2cc(-c3ccc(OC(F)(F)F)c(F)c3)ncn2)CC1. The van der Waals surface area contributed by atoms with Gasteiger partial charge in [0.1, 0.15) is 12.1 Å². The van der Waals surface area contributed by atoms with E-state index in [1.54, 1.807) is 6.07 Å². The van der Waals surface area contributed by atoms with Crippen LogP contribution in [-0.4, -0.2) is 47.9 Å². The number of amides is 1. The lowest BCUT2D eigenvalue weighted by atomic mass is 10.0. The molecule has 30 heavy (non-hydrogen) atoms. The van der Waals surface area contributed by atoms with Crippen molar-refractivity contribution < 1.29 is 27.1 Å². The van der Waals surface area contributed by atoms with Crippen LogP contribution in [0.4, 0.5) is 23.4 Å². The summed E-state index contributed by atoms with van der Waals surface area (Å²) in [5.74, 6) is -1.50. The summed E-state index contributed by atoms with van der Waals surface area (Å²) in [5.41, 5.74) is 6.05. The van der Waals surface area contributed by atoms with Crippen LogP contribution in [0, 0.1) is 5.82 Å². The third kappa shape index (κ3) is 5.78. The summed E-state index contributed by atoms with van der Waals surface area (Å²) in [6.45, 7) is 1.60. The van der Waals surface area contributed by atoms with Gasteiger partial charge in [0.2, 0.25) is 5.91 Å². The minimum absolute atomic E-state index is 0.0666. The Labute approximate surface area is 170 Å². The van der Waals surface area contributed by atoms with Crippen molar-refractivity contribution in [1.82, 2.24) is 15.3 Å². The van der Waals surface area contributed by atoms with Crippen LogP contribution in [0.25, 0.3) is 11.3 Å². The Balaban J connectivity index is 1.67. The standard InChI is InChI=1S/C19H21F4N5O2/c20-14-9-12(1-2-16(14)30-19(21,22)23)15-10-17(26-11-25-15)28-7-4-13(5-8-28)27-18(29)3-6-24/h1-2,9-11,13H,3-8,24H2,(H,27,29). The molecule has 0 spiro atoms. The van der Waals surface area contributed by atoms with Crippen LogP contribution in [0.2, 0.25) is 0 Å². The van der Waals surface area contributed by atoms with E-state index in [1.807, 2.05) is 4.90 Å². The summed E-state index contributed by atoms with van der Waals surface area (Å²) < 4.78 is 54.5. The molecule has 2 heterocycles. The number of hydrogen-bond donors (Lipinski definition) is 2. The van der Waals surface area contributed by atoms with E-state index >= 15 is 0 Å². The number of anilines is 1. The molecule has 1 aliphatic rings. The van der Waals surface area contributed by atoms with Gasteiger partial charge in [-0.2, -0.15) is 0 Å². The quantitative estimate of drug-likeness (QED) is 0.689. The number of aromatic nitrogens is 2. The maximum absolute atomic E-state index is 14.0. The molecule has 0 saturated carbocycles. The molecule has 1 aliphatic heterocycles. The molecule has 0 atom stereocenters. The van der Waals surface area contributed by atoms with E-state index < -0.39 is 17.9 Å². The van der Waals surface area contributed by atoms with Crippen molar-refractivity contribution in [3.63, 3.8) is 0 Å². The number of hydrogen-bond acceptors (Lipinski definition) is 6. The number of ether oxygens (including phenoxy) is 1. The minimum atomic E-state index is -4.97. The monoisotopic (exact) mass is 427 g/mol. The van der Waals surface area contributed by atoms with E-state index in [9.17, 15) is 22.4 Å². The van der Waals surface area contributed by atoms with Crippen molar-refractivity contribution in [1.29, 1.82) is 0 Å². The summed E-state index contributed by atoms with van der Waals surface area (Å²) >= 11 is 0. The molecule has 3 rings (SSSR count). The van der Waals surface area contributed by atoms with Crippen molar-refractivity contribution in [2.45, 2.75) is 31.7 Å². The number of nitrogens with one attached hydrogen (secondary N) is 1. The molecule has 1 aromatic carbocycles. The van der Waals surface area contributed by atoms with Crippen LogP contribution in [-0.2, 0) is 4.79 Å². The van der Waals surface area contributed by atoms with Gasteiger partial charge in [-0.1, -0.05) is 0 Å². The van der Waals surface area contributed by atoms with E-state index in [2.05, 4.69) is 20.0 Å². The number of rotatable bonds is 6. The molecule has 3 N–H and O–H groups in total. The molecule has 7 nitrogen and oxygen atoms in total. The van der Waals surface area contributed by atoms with E-state index in [0.717, 1.165) is 25.0 Å². The number of carbonyl (C=O) groups excluding carboxylic acids is 1. The van der Waals surface area contributed by atoms with E-state index in [-0.39, 0.29) is 11.9 Å². The number of benzene rings is 1.